The maximum atomic E-state index is 13.8. The van der Waals surface area contributed by atoms with Gasteiger partial charge in [0.25, 0.3) is 5.69 Å². The maximum absolute atomic E-state index is 13.8. The van der Waals surface area contributed by atoms with Crippen LogP contribution in [0, 0.1) is 17.0 Å². The summed E-state index contributed by atoms with van der Waals surface area (Å²) in [4.78, 5) is 39.1. The minimum absolute atomic E-state index is 0.00403. The molecule has 200 valence electrons. The second-order valence-corrected chi connectivity index (χ2v) is 11.3. The normalized spacial score (nSPS) is 14.7. The summed E-state index contributed by atoms with van der Waals surface area (Å²) in [5, 5.41) is 14.3. The van der Waals surface area contributed by atoms with Gasteiger partial charge in [-0.25, -0.2) is 8.42 Å². The molecule has 1 aliphatic carbocycles. The Hall–Kier alpha value is -3.47. The number of sulfonamides is 1. The van der Waals surface area contributed by atoms with Crippen LogP contribution in [-0.4, -0.2) is 54.9 Å². The number of hydrogen-bond acceptors (Lipinski definition) is 6. The number of carbonyl (C=O) groups is 2. The van der Waals surface area contributed by atoms with Crippen molar-refractivity contribution in [2.45, 2.75) is 64.6 Å². The van der Waals surface area contributed by atoms with Crippen molar-refractivity contribution in [3.63, 3.8) is 0 Å². The fourth-order valence-corrected chi connectivity index (χ4v) is 5.47. The van der Waals surface area contributed by atoms with Crippen LogP contribution in [0.1, 0.15) is 50.2 Å². The Morgan fingerprint density at radius 2 is 1.81 bits per heavy atom. The molecule has 0 aliphatic heterocycles. The minimum atomic E-state index is -3.98. The molecule has 2 amide bonds. The van der Waals surface area contributed by atoms with Gasteiger partial charge in [0.15, 0.2) is 0 Å². The number of nitrogens with zero attached hydrogens (tertiary/aromatic N) is 3. The molecular formula is C26H34N4O6S. The van der Waals surface area contributed by atoms with Crippen LogP contribution in [0.15, 0.2) is 48.5 Å². The highest BCUT2D eigenvalue weighted by Crippen LogP contribution is 2.25. The molecule has 0 heterocycles. The first-order valence-electron chi connectivity index (χ1n) is 12.4. The van der Waals surface area contributed by atoms with Crippen LogP contribution in [0.25, 0.3) is 0 Å². The van der Waals surface area contributed by atoms with Crippen molar-refractivity contribution >= 4 is 33.2 Å². The lowest BCUT2D eigenvalue weighted by atomic mass is 10.1. The number of anilines is 1. The van der Waals surface area contributed by atoms with Crippen LogP contribution >= 0.6 is 0 Å². The molecule has 11 heteroatoms. The number of aryl methyl sites for hydroxylation is 1. The third-order valence-corrected chi connectivity index (χ3v) is 7.84. The highest BCUT2D eigenvalue weighted by atomic mass is 32.2. The van der Waals surface area contributed by atoms with Crippen LogP contribution in [0.3, 0.4) is 0 Å². The predicted molar refractivity (Wildman–Crippen MR) is 141 cm³/mol. The standard InChI is InChI=1S/C26H34N4O6S/c1-4-24(26(32)27-21-12-7-8-13-21)28(17-20-11-6-5-10-19(20)2)25(31)18-29(37(3,35)36)22-14-9-15-23(16-22)30(33)34/h5-6,9-11,14-16,21,24H,4,7-8,12-13,17-18H2,1-3H3,(H,27,32)/t24-/m1/s1. The van der Waals surface area contributed by atoms with E-state index in [4.69, 9.17) is 0 Å². The number of non-ortho nitro benzene ring substituents is 1. The molecule has 0 unspecified atom stereocenters. The molecule has 3 rings (SSSR count). The average Bonchev–Trinajstić information content (AvgIpc) is 3.35. The van der Waals surface area contributed by atoms with Crippen molar-refractivity contribution in [2.75, 3.05) is 17.1 Å². The van der Waals surface area contributed by atoms with Gasteiger partial charge in [-0.3, -0.25) is 24.0 Å². The quantitative estimate of drug-likeness (QED) is 0.349. The molecular weight excluding hydrogens is 496 g/mol. The van der Waals surface area contributed by atoms with E-state index in [9.17, 15) is 28.1 Å². The zero-order valence-electron chi connectivity index (χ0n) is 21.4. The lowest BCUT2D eigenvalue weighted by Gasteiger charge is -2.33. The Morgan fingerprint density at radius 1 is 1.14 bits per heavy atom. The van der Waals surface area contributed by atoms with E-state index in [1.807, 2.05) is 38.1 Å². The number of amides is 2. The number of rotatable bonds is 11. The smallest absolute Gasteiger partial charge is 0.271 e. The van der Waals surface area contributed by atoms with Gasteiger partial charge in [-0.2, -0.15) is 0 Å². The zero-order chi connectivity index (χ0) is 27.2. The monoisotopic (exact) mass is 530 g/mol. The van der Waals surface area contributed by atoms with E-state index in [1.54, 1.807) is 0 Å². The molecule has 0 spiro atoms. The van der Waals surface area contributed by atoms with Crippen molar-refractivity contribution in [1.29, 1.82) is 0 Å². The van der Waals surface area contributed by atoms with E-state index in [0.29, 0.717) is 6.42 Å². The van der Waals surface area contributed by atoms with Crippen LogP contribution in [0.4, 0.5) is 11.4 Å². The second kappa shape index (κ2) is 12.2. The summed E-state index contributed by atoms with van der Waals surface area (Å²) in [5.41, 5.74) is 1.48. The Balaban J connectivity index is 1.95. The highest BCUT2D eigenvalue weighted by molar-refractivity contribution is 7.92. The first kappa shape index (κ1) is 28.1. The van der Waals surface area contributed by atoms with Crippen LogP contribution in [-0.2, 0) is 26.2 Å². The average molecular weight is 531 g/mol. The number of nitro benzene ring substituents is 1. The van der Waals surface area contributed by atoms with E-state index >= 15 is 0 Å². The zero-order valence-corrected chi connectivity index (χ0v) is 22.2. The Labute approximate surface area is 217 Å². The fraction of sp³-hybridized carbons (Fsp3) is 0.462. The van der Waals surface area contributed by atoms with Gasteiger partial charge in [0, 0.05) is 24.7 Å². The Kier molecular flexibility index (Phi) is 9.25. The summed E-state index contributed by atoms with van der Waals surface area (Å²) in [5.74, 6) is -0.841. The molecule has 2 aromatic carbocycles. The number of nitro groups is 1. The third-order valence-electron chi connectivity index (χ3n) is 6.70. The summed E-state index contributed by atoms with van der Waals surface area (Å²) in [6.45, 7) is 3.24. The van der Waals surface area contributed by atoms with E-state index in [0.717, 1.165) is 53.4 Å². The number of benzene rings is 2. The second-order valence-electron chi connectivity index (χ2n) is 9.41. The fourth-order valence-electron chi connectivity index (χ4n) is 4.63. The van der Waals surface area contributed by atoms with E-state index in [1.165, 1.54) is 23.1 Å². The van der Waals surface area contributed by atoms with Crippen molar-refractivity contribution in [3.05, 3.63) is 69.8 Å². The number of nitrogens with one attached hydrogen (secondary N) is 1. The van der Waals surface area contributed by atoms with Crippen LogP contribution in [0.2, 0.25) is 0 Å². The summed E-state index contributed by atoms with van der Waals surface area (Å²) in [7, 11) is -3.98. The van der Waals surface area contributed by atoms with Gasteiger partial charge in [-0.05, 0) is 43.4 Å². The van der Waals surface area contributed by atoms with Gasteiger partial charge in [-0.1, -0.05) is 50.1 Å². The molecule has 0 saturated heterocycles. The lowest BCUT2D eigenvalue weighted by Crippen LogP contribution is -2.53. The summed E-state index contributed by atoms with van der Waals surface area (Å²) in [6, 6.07) is 11.9. The Morgan fingerprint density at radius 3 is 2.41 bits per heavy atom. The van der Waals surface area contributed by atoms with Gasteiger partial charge < -0.3 is 10.2 Å². The van der Waals surface area contributed by atoms with Gasteiger partial charge in [-0.15, -0.1) is 0 Å². The molecule has 1 N–H and O–H groups in total. The van der Waals surface area contributed by atoms with Gasteiger partial charge >= 0.3 is 0 Å². The lowest BCUT2D eigenvalue weighted by molar-refractivity contribution is -0.384. The summed E-state index contributed by atoms with van der Waals surface area (Å²) >= 11 is 0. The molecule has 2 aromatic rings. The van der Waals surface area contributed by atoms with Gasteiger partial charge in [0.05, 0.1) is 16.9 Å². The van der Waals surface area contributed by atoms with Crippen molar-refractivity contribution in [2.24, 2.45) is 0 Å². The number of hydrogen-bond donors (Lipinski definition) is 1. The molecule has 0 radical (unpaired) electrons. The van der Waals surface area contributed by atoms with Gasteiger partial charge in [0.2, 0.25) is 21.8 Å². The van der Waals surface area contributed by atoms with Crippen molar-refractivity contribution < 1.29 is 22.9 Å². The molecule has 0 bridgehead atoms. The van der Waals surface area contributed by atoms with E-state index < -0.39 is 33.4 Å². The largest absolute Gasteiger partial charge is 0.352 e. The SMILES string of the molecule is CC[C@H](C(=O)NC1CCCC1)N(Cc1ccccc1C)C(=O)CN(c1cccc([N+](=O)[O-])c1)S(C)(=O)=O. The predicted octanol–water partition coefficient (Wildman–Crippen LogP) is 3.54. The molecule has 1 saturated carbocycles. The molecule has 1 aliphatic rings. The highest BCUT2D eigenvalue weighted by Gasteiger charge is 2.33. The molecule has 0 aromatic heterocycles. The number of carbonyl (C=O) groups excluding carboxylic acids is 2. The molecule has 10 nitrogen and oxygen atoms in total. The third kappa shape index (κ3) is 7.28. The minimum Gasteiger partial charge on any atom is -0.352 e. The Bertz CT molecular complexity index is 1240. The van der Waals surface area contributed by atoms with E-state index in [-0.39, 0.29) is 29.9 Å². The summed E-state index contributed by atoms with van der Waals surface area (Å²) in [6.07, 6.45) is 5.14. The first-order chi connectivity index (χ1) is 17.5. The topological polar surface area (TPSA) is 130 Å². The summed E-state index contributed by atoms with van der Waals surface area (Å²) < 4.78 is 26.2. The molecule has 1 atom stereocenters. The molecule has 1 fully saturated rings. The van der Waals surface area contributed by atoms with Gasteiger partial charge in [0.1, 0.15) is 12.6 Å². The van der Waals surface area contributed by atoms with Crippen molar-refractivity contribution in [1.82, 2.24) is 10.2 Å². The van der Waals surface area contributed by atoms with Crippen LogP contribution < -0.4 is 9.62 Å². The first-order valence-corrected chi connectivity index (χ1v) is 14.2. The van der Waals surface area contributed by atoms with Crippen molar-refractivity contribution in [3.8, 4) is 0 Å². The van der Waals surface area contributed by atoms with Crippen LogP contribution in [0.5, 0.6) is 0 Å². The maximum Gasteiger partial charge on any atom is 0.271 e. The molecule has 37 heavy (non-hydrogen) atoms. The van der Waals surface area contributed by atoms with E-state index in [2.05, 4.69) is 5.32 Å².